The van der Waals surface area contributed by atoms with Crippen LogP contribution in [0.4, 0.5) is 22.7 Å². The van der Waals surface area contributed by atoms with Crippen LogP contribution in [0.1, 0.15) is 0 Å². The van der Waals surface area contributed by atoms with Gasteiger partial charge in [0.2, 0.25) is 0 Å². The first-order chi connectivity index (χ1) is 30.7. The molecule has 12 rings (SSSR count). The Bertz CT molecular complexity index is 3400. The lowest BCUT2D eigenvalue weighted by atomic mass is 10.0. The molecule has 62 heavy (non-hydrogen) atoms. The molecule has 1 aliphatic heterocycles. The van der Waals surface area contributed by atoms with Crippen LogP contribution in [0.2, 0.25) is 0 Å². The van der Waals surface area contributed by atoms with Gasteiger partial charge in [0.1, 0.15) is 11.4 Å². The first-order valence-corrected chi connectivity index (χ1v) is 21.0. The van der Waals surface area contributed by atoms with E-state index in [0.29, 0.717) is 22.0 Å². The fourth-order valence-corrected chi connectivity index (χ4v) is 9.48. The largest absolute Gasteiger partial charge is 0.309 e. The number of rotatable bonds is 7. The summed E-state index contributed by atoms with van der Waals surface area (Å²) >= 11 is 0. The zero-order chi connectivity index (χ0) is 41.0. The molecule has 5 nitrogen and oxygen atoms in total. The second kappa shape index (κ2) is 14.5. The van der Waals surface area contributed by atoms with Gasteiger partial charge >= 0.3 is 0 Å². The maximum absolute atomic E-state index is 5.17. The highest BCUT2D eigenvalue weighted by Crippen LogP contribution is 2.63. The molecule has 0 atom stereocenters. The SMILES string of the molecule is c1ccc(-c2ccc(-c3nc(-c4ccccc4)nc(-c4cccc(-n5c6ccccc6c6cc7c(cc65)[N+](c5ccccc5)(c5ccccc5)c5ccccc5-7)c4)n3)cc2)cc1. The Balaban J connectivity index is 1.06. The molecule has 0 fully saturated rings. The summed E-state index contributed by atoms with van der Waals surface area (Å²) in [6.07, 6.45) is 0. The smallest absolute Gasteiger partial charge is 0.164 e. The second-order valence-corrected chi connectivity index (χ2v) is 15.8. The van der Waals surface area contributed by atoms with Gasteiger partial charge in [-0.3, -0.25) is 0 Å². The number of para-hydroxylation sites is 4. The number of nitrogens with zero attached hydrogens (tertiary/aromatic N) is 5. The van der Waals surface area contributed by atoms with Crippen molar-refractivity contribution < 1.29 is 0 Å². The van der Waals surface area contributed by atoms with Crippen molar-refractivity contribution in [2.24, 2.45) is 0 Å². The molecule has 0 saturated heterocycles. The van der Waals surface area contributed by atoms with Crippen molar-refractivity contribution in [3.8, 4) is 62.1 Å². The van der Waals surface area contributed by atoms with Gasteiger partial charge < -0.3 is 4.57 Å². The molecule has 0 saturated carbocycles. The van der Waals surface area contributed by atoms with Crippen LogP contribution in [-0.4, -0.2) is 19.5 Å². The van der Waals surface area contributed by atoms with E-state index in [1.165, 1.54) is 50.2 Å². The molecule has 0 unspecified atom stereocenters. The molecule has 290 valence electrons. The van der Waals surface area contributed by atoms with Crippen LogP contribution in [0.3, 0.4) is 0 Å². The highest BCUT2D eigenvalue weighted by Gasteiger charge is 2.48. The maximum Gasteiger partial charge on any atom is 0.164 e. The maximum atomic E-state index is 5.17. The fraction of sp³-hybridized carbons (Fsp3) is 0. The fourth-order valence-electron chi connectivity index (χ4n) is 9.48. The summed E-state index contributed by atoms with van der Waals surface area (Å²) in [5.74, 6) is 1.87. The van der Waals surface area contributed by atoms with Crippen LogP contribution >= 0.6 is 0 Å². The van der Waals surface area contributed by atoms with Gasteiger partial charge in [-0.05, 0) is 41.5 Å². The van der Waals surface area contributed by atoms with Gasteiger partial charge in [0, 0.05) is 69.5 Å². The molecule has 3 heterocycles. The van der Waals surface area contributed by atoms with Crippen LogP contribution in [0.25, 0.3) is 83.9 Å². The molecule has 0 N–H and O–H groups in total. The van der Waals surface area contributed by atoms with Crippen LogP contribution in [0, 0.1) is 0 Å². The van der Waals surface area contributed by atoms with E-state index >= 15 is 0 Å². The minimum Gasteiger partial charge on any atom is -0.309 e. The summed E-state index contributed by atoms with van der Waals surface area (Å²) in [6.45, 7) is 0. The van der Waals surface area contributed by atoms with E-state index in [-0.39, 0.29) is 0 Å². The monoisotopic (exact) mass is 792 g/mol. The summed E-state index contributed by atoms with van der Waals surface area (Å²) in [5, 5.41) is 2.40. The molecule has 0 spiro atoms. The number of fused-ring (bicyclic) bond motifs is 6. The quantitative estimate of drug-likeness (QED) is 0.151. The lowest BCUT2D eigenvalue weighted by molar-refractivity contribution is 0.721. The molecule has 0 aliphatic carbocycles. The van der Waals surface area contributed by atoms with E-state index in [1.807, 2.05) is 24.3 Å². The van der Waals surface area contributed by atoms with Gasteiger partial charge in [-0.15, -0.1) is 0 Å². The molecule has 0 bridgehead atoms. The zero-order valence-electron chi connectivity index (χ0n) is 33.7. The zero-order valence-corrected chi connectivity index (χ0v) is 33.7. The standard InChI is InChI=1S/C57H38N5/c1-5-18-39(19-6-1)40-32-34-42(35-33-40)56-58-55(41-20-7-2-8-21-41)59-57(60-56)43-22-17-23-44(36-43)61-51-30-15-13-28-47(51)49-37-50-48-29-14-16-31-53(48)62(54(50)38-52(49)61,45-24-9-3-10-25-45)46-26-11-4-12-27-46/h1-38H/q+1. The normalized spacial score (nSPS) is 12.6. The number of benzene rings is 9. The minimum atomic E-state index is 0.479. The molecule has 1 aliphatic rings. The molecule has 9 aromatic carbocycles. The van der Waals surface area contributed by atoms with E-state index in [0.717, 1.165) is 39.0 Å². The Kier molecular flexibility index (Phi) is 8.34. The highest BCUT2D eigenvalue weighted by molar-refractivity contribution is 6.15. The summed E-state index contributed by atoms with van der Waals surface area (Å²) in [5.41, 5.74) is 15.7. The van der Waals surface area contributed by atoms with Crippen LogP contribution in [0.15, 0.2) is 231 Å². The van der Waals surface area contributed by atoms with Gasteiger partial charge in [-0.2, -0.15) is 4.48 Å². The van der Waals surface area contributed by atoms with E-state index in [1.54, 1.807) is 0 Å². The molecular formula is C57H38N5+. The Hall–Kier alpha value is -8.25. The molecule has 0 radical (unpaired) electrons. The molecule has 0 amide bonds. The summed E-state index contributed by atoms with van der Waals surface area (Å²) in [4.78, 5) is 15.3. The lowest BCUT2D eigenvalue weighted by Gasteiger charge is -2.34. The molecular weight excluding hydrogens is 755 g/mol. The van der Waals surface area contributed by atoms with Gasteiger partial charge in [0.15, 0.2) is 28.8 Å². The van der Waals surface area contributed by atoms with E-state index in [2.05, 4.69) is 211 Å². The first kappa shape index (κ1) is 35.7. The Morgan fingerprint density at radius 1 is 0.306 bits per heavy atom. The van der Waals surface area contributed by atoms with Crippen molar-refractivity contribution in [2.75, 3.05) is 0 Å². The lowest BCUT2D eigenvalue weighted by Crippen LogP contribution is -2.31. The van der Waals surface area contributed by atoms with Crippen molar-refractivity contribution >= 4 is 44.6 Å². The van der Waals surface area contributed by atoms with Gasteiger partial charge in [-0.1, -0.05) is 164 Å². The van der Waals surface area contributed by atoms with Crippen LogP contribution in [-0.2, 0) is 0 Å². The molecule has 2 aromatic heterocycles. The number of quaternary nitrogens is 1. The average molecular weight is 793 g/mol. The summed E-state index contributed by atoms with van der Waals surface area (Å²) < 4.78 is 2.89. The van der Waals surface area contributed by atoms with Crippen molar-refractivity contribution in [1.29, 1.82) is 0 Å². The van der Waals surface area contributed by atoms with Gasteiger partial charge in [0.05, 0.1) is 22.2 Å². The molecule has 5 heteroatoms. The Morgan fingerprint density at radius 3 is 1.48 bits per heavy atom. The number of aromatic nitrogens is 4. The van der Waals surface area contributed by atoms with Crippen molar-refractivity contribution in [3.05, 3.63) is 231 Å². The third kappa shape index (κ3) is 5.64. The Morgan fingerprint density at radius 2 is 0.806 bits per heavy atom. The van der Waals surface area contributed by atoms with E-state index < -0.39 is 0 Å². The predicted octanol–water partition coefficient (Wildman–Crippen LogP) is 14.9. The first-order valence-electron chi connectivity index (χ1n) is 21.0. The highest BCUT2D eigenvalue weighted by atomic mass is 15.4. The van der Waals surface area contributed by atoms with Crippen LogP contribution in [0.5, 0.6) is 0 Å². The van der Waals surface area contributed by atoms with Crippen LogP contribution < -0.4 is 4.48 Å². The van der Waals surface area contributed by atoms with Crippen molar-refractivity contribution in [3.63, 3.8) is 0 Å². The van der Waals surface area contributed by atoms with Gasteiger partial charge in [-0.25, -0.2) is 15.0 Å². The van der Waals surface area contributed by atoms with E-state index in [4.69, 9.17) is 15.0 Å². The third-order valence-electron chi connectivity index (χ3n) is 12.3. The van der Waals surface area contributed by atoms with Gasteiger partial charge in [0.25, 0.3) is 0 Å². The Labute approximate surface area is 359 Å². The van der Waals surface area contributed by atoms with E-state index in [9.17, 15) is 0 Å². The topological polar surface area (TPSA) is 43.6 Å². The van der Waals surface area contributed by atoms with Crippen molar-refractivity contribution in [2.45, 2.75) is 0 Å². The average Bonchev–Trinajstić information content (AvgIpc) is 3.84. The minimum absolute atomic E-state index is 0.479. The third-order valence-corrected chi connectivity index (χ3v) is 12.3. The summed E-state index contributed by atoms with van der Waals surface area (Å²) in [7, 11) is 0. The summed E-state index contributed by atoms with van der Waals surface area (Å²) in [6, 6.07) is 82.0. The van der Waals surface area contributed by atoms with Crippen molar-refractivity contribution in [1.82, 2.24) is 24.0 Å². The number of hydrogen-bond donors (Lipinski definition) is 0. The second-order valence-electron chi connectivity index (χ2n) is 15.8. The molecule has 11 aromatic rings. The predicted molar refractivity (Wildman–Crippen MR) is 255 cm³/mol. The number of hydrogen-bond acceptors (Lipinski definition) is 3.